The van der Waals surface area contributed by atoms with Crippen LogP contribution in [0.5, 0.6) is 0 Å². The zero-order valence-corrected chi connectivity index (χ0v) is 12.9. The molecule has 0 aromatic rings. The lowest BCUT2D eigenvalue weighted by atomic mass is 9.84. The molecule has 0 unspecified atom stereocenters. The van der Waals surface area contributed by atoms with E-state index in [1.54, 1.807) is 0 Å². The third-order valence-electron chi connectivity index (χ3n) is 5.29. The molecule has 114 valence electrons. The molecule has 3 heteroatoms. The summed E-state index contributed by atoms with van der Waals surface area (Å²) in [6, 6.07) is 1.04. The summed E-state index contributed by atoms with van der Waals surface area (Å²) in [6.45, 7) is 3.41. The van der Waals surface area contributed by atoms with E-state index in [2.05, 4.69) is 11.8 Å². The number of nitrogens with zero attached hydrogens (tertiary/aromatic N) is 1. The van der Waals surface area contributed by atoms with Crippen LogP contribution in [0.4, 0.5) is 0 Å². The number of rotatable bonds is 7. The van der Waals surface area contributed by atoms with Gasteiger partial charge < -0.3 is 9.64 Å². The highest BCUT2D eigenvalue weighted by atomic mass is 16.5. The summed E-state index contributed by atoms with van der Waals surface area (Å²) in [5, 5.41) is 0. The maximum Gasteiger partial charge on any atom is 0.249 e. The summed E-state index contributed by atoms with van der Waals surface area (Å²) in [5.41, 5.74) is 0. The largest absolute Gasteiger partial charge is 0.371 e. The van der Waals surface area contributed by atoms with Crippen LogP contribution in [0.25, 0.3) is 0 Å². The summed E-state index contributed by atoms with van der Waals surface area (Å²) < 4.78 is 5.62. The lowest BCUT2D eigenvalue weighted by Gasteiger charge is -2.37. The fourth-order valence-corrected chi connectivity index (χ4v) is 3.56. The van der Waals surface area contributed by atoms with Crippen LogP contribution in [0.1, 0.15) is 64.7 Å². The molecule has 0 saturated heterocycles. The molecule has 0 atom stereocenters. The molecule has 3 saturated carbocycles. The monoisotopic (exact) mass is 279 g/mol. The molecule has 0 bridgehead atoms. The topological polar surface area (TPSA) is 29.5 Å². The van der Waals surface area contributed by atoms with Gasteiger partial charge in [0.1, 0.15) is 6.61 Å². The Kier molecular flexibility index (Phi) is 4.65. The van der Waals surface area contributed by atoms with Crippen LogP contribution in [0, 0.1) is 11.8 Å². The molecule has 0 N–H and O–H groups in total. The van der Waals surface area contributed by atoms with Crippen molar-refractivity contribution in [3.05, 3.63) is 0 Å². The Morgan fingerprint density at radius 2 is 1.50 bits per heavy atom. The van der Waals surface area contributed by atoms with Crippen molar-refractivity contribution >= 4 is 5.91 Å². The Labute approximate surface area is 123 Å². The Hall–Kier alpha value is -0.570. The van der Waals surface area contributed by atoms with E-state index in [1.165, 1.54) is 57.8 Å². The zero-order valence-electron chi connectivity index (χ0n) is 12.9. The van der Waals surface area contributed by atoms with Crippen LogP contribution in [-0.4, -0.2) is 36.1 Å². The first-order chi connectivity index (χ1) is 9.78. The molecule has 1 amide bonds. The second-order valence-corrected chi connectivity index (χ2v) is 7.07. The van der Waals surface area contributed by atoms with Gasteiger partial charge in [-0.2, -0.15) is 0 Å². The van der Waals surface area contributed by atoms with Gasteiger partial charge in [0.05, 0.1) is 6.61 Å². The molecule has 3 rings (SSSR count). The molecule has 0 aromatic heterocycles. The Morgan fingerprint density at radius 1 is 0.950 bits per heavy atom. The van der Waals surface area contributed by atoms with Gasteiger partial charge >= 0.3 is 0 Å². The zero-order chi connectivity index (χ0) is 13.9. The van der Waals surface area contributed by atoms with Crippen LogP contribution in [0.2, 0.25) is 0 Å². The smallest absolute Gasteiger partial charge is 0.249 e. The van der Waals surface area contributed by atoms with Gasteiger partial charge in [-0.05, 0) is 63.2 Å². The highest BCUT2D eigenvalue weighted by Crippen LogP contribution is 2.36. The number of ether oxygens (including phenoxy) is 1. The lowest BCUT2D eigenvalue weighted by molar-refractivity contribution is -0.140. The van der Waals surface area contributed by atoms with Gasteiger partial charge in [0.25, 0.3) is 0 Å². The van der Waals surface area contributed by atoms with E-state index < -0.39 is 0 Å². The minimum atomic E-state index is 0.257. The van der Waals surface area contributed by atoms with Gasteiger partial charge in [-0.25, -0.2) is 0 Å². The van der Waals surface area contributed by atoms with Gasteiger partial charge in [-0.1, -0.05) is 13.3 Å². The molecule has 0 aliphatic heterocycles. The molecule has 0 radical (unpaired) electrons. The Bertz CT molecular complexity index is 328. The SMILES string of the molecule is CCC1CCC(N(C(=O)COCC2CC2)C2CC2)CC1. The summed E-state index contributed by atoms with van der Waals surface area (Å²) in [7, 11) is 0. The van der Waals surface area contributed by atoms with E-state index in [9.17, 15) is 4.79 Å². The maximum absolute atomic E-state index is 12.5. The van der Waals surface area contributed by atoms with E-state index in [0.29, 0.717) is 18.7 Å². The number of amides is 1. The van der Waals surface area contributed by atoms with E-state index >= 15 is 0 Å². The van der Waals surface area contributed by atoms with Gasteiger partial charge in [0.2, 0.25) is 5.91 Å². The van der Waals surface area contributed by atoms with Crippen LogP contribution in [0.3, 0.4) is 0 Å². The van der Waals surface area contributed by atoms with Crippen LogP contribution in [0.15, 0.2) is 0 Å². The van der Waals surface area contributed by atoms with Crippen LogP contribution >= 0.6 is 0 Å². The molecule has 20 heavy (non-hydrogen) atoms. The van der Waals surface area contributed by atoms with Crippen LogP contribution < -0.4 is 0 Å². The number of hydrogen-bond acceptors (Lipinski definition) is 2. The first-order valence-electron chi connectivity index (χ1n) is 8.66. The summed E-state index contributed by atoms with van der Waals surface area (Å²) in [6.07, 6.45) is 11.3. The molecule has 0 heterocycles. The van der Waals surface area contributed by atoms with Crippen molar-refractivity contribution in [1.29, 1.82) is 0 Å². The maximum atomic E-state index is 12.5. The van der Waals surface area contributed by atoms with E-state index in [0.717, 1.165) is 18.4 Å². The molecular formula is C17H29NO2. The van der Waals surface area contributed by atoms with Crippen molar-refractivity contribution in [2.24, 2.45) is 11.8 Å². The molecule has 0 aromatic carbocycles. The number of hydrogen-bond donors (Lipinski definition) is 0. The molecule has 0 spiro atoms. The van der Waals surface area contributed by atoms with Crippen LogP contribution in [-0.2, 0) is 9.53 Å². The summed E-state index contributed by atoms with van der Waals surface area (Å²) in [5.74, 6) is 1.90. The Morgan fingerprint density at radius 3 is 2.00 bits per heavy atom. The van der Waals surface area contributed by atoms with E-state index in [4.69, 9.17) is 4.74 Å². The summed E-state index contributed by atoms with van der Waals surface area (Å²) in [4.78, 5) is 14.7. The fraction of sp³-hybridized carbons (Fsp3) is 0.941. The first-order valence-corrected chi connectivity index (χ1v) is 8.66. The van der Waals surface area contributed by atoms with Crippen molar-refractivity contribution in [3.8, 4) is 0 Å². The highest BCUT2D eigenvalue weighted by Gasteiger charge is 2.38. The molecular weight excluding hydrogens is 250 g/mol. The van der Waals surface area contributed by atoms with E-state index in [-0.39, 0.29) is 5.91 Å². The molecule has 3 nitrogen and oxygen atoms in total. The standard InChI is InChI=1S/C17H29NO2/c1-2-13-5-7-15(8-6-13)18(16-9-10-16)17(19)12-20-11-14-3-4-14/h13-16H,2-12H2,1H3. The van der Waals surface area contributed by atoms with Crippen molar-refractivity contribution in [2.75, 3.05) is 13.2 Å². The van der Waals surface area contributed by atoms with Crippen molar-refractivity contribution in [1.82, 2.24) is 4.90 Å². The van der Waals surface area contributed by atoms with Gasteiger partial charge in [0, 0.05) is 12.1 Å². The normalized spacial score (nSPS) is 30.2. The first kappa shape index (κ1) is 14.4. The number of carbonyl (C=O) groups is 1. The average molecular weight is 279 g/mol. The molecule has 3 aliphatic carbocycles. The predicted molar refractivity (Wildman–Crippen MR) is 79.4 cm³/mol. The second-order valence-electron chi connectivity index (χ2n) is 7.07. The third-order valence-corrected chi connectivity index (χ3v) is 5.29. The molecule has 3 fully saturated rings. The van der Waals surface area contributed by atoms with Gasteiger partial charge in [-0.15, -0.1) is 0 Å². The number of carbonyl (C=O) groups excluding carboxylic acids is 1. The lowest BCUT2D eigenvalue weighted by Crippen LogP contribution is -2.45. The molecule has 3 aliphatic rings. The van der Waals surface area contributed by atoms with Crippen molar-refractivity contribution in [2.45, 2.75) is 76.8 Å². The quantitative estimate of drug-likeness (QED) is 0.715. The second kappa shape index (κ2) is 6.46. The van der Waals surface area contributed by atoms with Gasteiger partial charge in [0.15, 0.2) is 0 Å². The van der Waals surface area contributed by atoms with Crippen molar-refractivity contribution in [3.63, 3.8) is 0 Å². The summed E-state index contributed by atoms with van der Waals surface area (Å²) >= 11 is 0. The third kappa shape index (κ3) is 3.75. The minimum absolute atomic E-state index is 0.257. The average Bonchev–Trinajstić information content (AvgIpc) is 3.34. The van der Waals surface area contributed by atoms with Crippen molar-refractivity contribution < 1.29 is 9.53 Å². The van der Waals surface area contributed by atoms with E-state index in [1.807, 2.05) is 0 Å². The minimum Gasteiger partial charge on any atom is -0.371 e. The van der Waals surface area contributed by atoms with Gasteiger partial charge in [-0.3, -0.25) is 4.79 Å². The highest BCUT2D eigenvalue weighted by molar-refractivity contribution is 5.78. The predicted octanol–water partition coefficient (Wildman–Crippen LogP) is 3.37. The fourth-order valence-electron chi connectivity index (χ4n) is 3.56. The Balaban J connectivity index is 1.48.